The molecule has 3 saturated heterocycles. The first kappa shape index (κ1) is 48.3. The maximum Gasteiger partial charge on any atom is 0.318 e. The molecule has 18 heteroatoms. The van der Waals surface area contributed by atoms with E-state index < -0.39 is 35.4 Å². The standard InChI is InChI=1S/C53H62ClN11O6/c1-5-32-10-11-34(40(54)20-32)25-55-48(69)43-21-37(67)28-65(43)49(70)46(52(3,4)15-19-66)59-51(71)63-29-53(30-63)23-36(24-53)62-16-12-33(13-17-62)35-26-56-50(57-27-35)64-18-14-41-45(31(64)2)39-22-42(60-61-47(39)58-41)38-8-6-7-9-44(38)68/h1,6-11,20,22,26-27,31,33,36-37,43,46,66-68H,12-19,21,23-25,28-30H2,2-4H3,(H,55,69)(H,58,61)(H,59,71)/t31-,37-,43+,46+/m1/s1. The lowest BCUT2D eigenvalue weighted by atomic mass is 9.60. The van der Waals surface area contributed by atoms with Crippen LogP contribution in [0.2, 0.25) is 5.02 Å². The van der Waals surface area contributed by atoms with Crippen molar-refractivity contribution in [1.82, 2.24) is 50.5 Å². The Kier molecular flexibility index (Phi) is 13.2. The highest BCUT2D eigenvalue weighted by Crippen LogP contribution is 2.51. The van der Waals surface area contributed by atoms with Crippen LogP contribution < -0.4 is 15.5 Å². The minimum absolute atomic E-state index is 0.00125. The molecule has 0 radical (unpaired) electrons. The Morgan fingerprint density at radius 2 is 1.79 bits per heavy atom. The number of halogens is 1. The van der Waals surface area contributed by atoms with E-state index in [0.29, 0.717) is 58.4 Å². The van der Waals surface area contributed by atoms with E-state index in [1.165, 1.54) is 4.90 Å². The lowest BCUT2D eigenvalue weighted by Gasteiger charge is -2.61. The summed E-state index contributed by atoms with van der Waals surface area (Å²) in [5.74, 6) is 2.85. The van der Waals surface area contributed by atoms with E-state index in [4.69, 9.17) is 28.0 Å². The van der Waals surface area contributed by atoms with E-state index in [-0.39, 0.29) is 55.8 Å². The van der Waals surface area contributed by atoms with Gasteiger partial charge in [-0.05, 0) is 105 Å². The molecule has 2 aromatic carbocycles. The zero-order chi connectivity index (χ0) is 49.8. The molecule has 4 amide bonds. The highest BCUT2D eigenvalue weighted by Gasteiger charge is 2.56. The fraction of sp³-hybridized carbons (Fsp3) is 0.491. The maximum absolute atomic E-state index is 14.4. The number of aromatic amines is 1. The molecule has 17 nitrogen and oxygen atoms in total. The van der Waals surface area contributed by atoms with Crippen LogP contribution in [-0.4, -0.2) is 143 Å². The summed E-state index contributed by atoms with van der Waals surface area (Å²) in [6.45, 7) is 9.58. The van der Waals surface area contributed by atoms with Gasteiger partial charge in [-0.2, -0.15) is 0 Å². The number of piperidine rings is 1. The minimum atomic E-state index is -1.05. The number of hydrogen-bond donors (Lipinski definition) is 6. The van der Waals surface area contributed by atoms with Gasteiger partial charge in [0, 0.05) is 109 Å². The molecular formula is C53H62ClN11O6. The Bertz CT molecular complexity index is 2860. The minimum Gasteiger partial charge on any atom is -0.507 e. The lowest BCUT2D eigenvalue weighted by Crippen LogP contribution is -2.70. The number of benzene rings is 2. The number of fused-ring (bicyclic) bond motifs is 3. The topological polar surface area (TPSA) is 216 Å². The Labute approximate surface area is 418 Å². The average molecular weight is 985 g/mol. The Morgan fingerprint density at radius 3 is 2.49 bits per heavy atom. The summed E-state index contributed by atoms with van der Waals surface area (Å²) in [5.41, 5.74) is 5.89. The normalized spacial score (nSPS) is 21.9. The number of phenolic OH excluding ortho intramolecular Hbond substituents is 1. The molecule has 5 aromatic rings. The second kappa shape index (κ2) is 19.4. The second-order valence-electron chi connectivity index (χ2n) is 21.1. The summed E-state index contributed by atoms with van der Waals surface area (Å²) >= 11 is 6.39. The maximum atomic E-state index is 14.4. The molecule has 3 aromatic heterocycles. The quantitative estimate of drug-likeness (QED) is 0.0881. The van der Waals surface area contributed by atoms with Crippen LogP contribution in [0.15, 0.2) is 60.9 Å². The van der Waals surface area contributed by atoms with Crippen molar-refractivity contribution in [2.24, 2.45) is 10.8 Å². The van der Waals surface area contributed by atoms with E-state index in [1.54, 1.807) is 35.2 Å². The average Bonchev–Trinajstić information content (AvgIpc) is 3.92. The van der Waals surface area contributed by atoms with Gasteiger partial charge in [0.05, 0.1) is 17.8 Å². The molecule has 4 fully saturated rings. The number of carbonyl (C=O) groups is 3. The molecule has 0 unspecified atom stereocenters. The number of aliphatic hydroxyl groups excluding tert-OH is 2. The smallest absolute Gasteiger partial charge is 0.318 e. The summed E-state index contributed by atoms with van der Waals surface area (Å²) in [4.78, 5) is 63.1. The van der Waals surface area contributed by atoms with Gasteiger partial charge in [0.2, 0.25) is 17.8 Å². The number of aromatic hydroxyl groups is 1. The Balaban J connectivity index is 0.706. The highest BCUT2D eigenvalue weighted by molar-refractivity contribution is 6.31. The predicted molar refractivity (Wildman–Crippen MR) is 268 cm³/mol. The van der Waals surface area contributed by atoms with Crippen LogP contribution in [0.25, 0.3) is 22.3 Å². The fourth-order valence-corrected chi connectivity index (χ4v) is 12.1. The van der Waals surface area contributed by atoms with Gasteiger partial charge in [-0.1, -0.05) is 49.6 Å². The molecule has 71 heavy (non-hydrogen) atoms. The Morgan fingerprint density at radius 1 is 1.04 bits per heavy atom. The third kappa shape index (κ3) is 9.38. The molecule has 372 valence electrons. The summed E-state index contributed by atoms with van der Waals surface area (Å²) in [6, 6.07) is 12.4. The number of H-pyrrole nitrogens is 1. The van der Waals surface area contributed by atoms with Crippen LogP contribution in [-0.2, 0) is 22.6 Å². The van der Waals surface area contributed by atoms with Crippen LogP contribution in [0.1, 0.15) is 99.2 Å². The van der Waals surface area contributed by atoms with E-state index in [2.05, 4.69) is 48.5 Å². The van der Waals surface area contributed by atoms with Crippen LogP contribution in [0.5, 0.6) is 5.75 Å². The number of anilines is 1. The fourth-order valence-electron chi connectivity index (χ4n) is 11.9. The number of rotatable bonds is 12. The zero-order valence-electron chi connectivity index (χ0n) is 40.4. The number of likely N-dealkylation sites (tertiary alicyclic amines) is 3. The molecule has 10 rings (SSSR count). The number of aliphatic hydroxyl groups is 2. The first-order valence-electron chi connectivity index (χ1n) is 24.8. The van der Waals surface area contributed by atoms with Crippen molar-refractivity contribution in [3.63, 3.8) is 0 Å². The number of urea groups is 1. The first-order chi connectivity index (χ1) is 34.1. The van der Waals surface area contributed by atoms with Gasteiger partial charge in [0.25, 0.3) is 0 Å². The highest BCUT2D eigenvalue weighted by atomic mass is 35.5. The van der Waals surface area contributed by atoms with Crippen molar-refractivity contribution in [2.75, 3.05) is 50.8 Å². The Hall–Kier alpha value is -6.32. The monoisotopic (exact) mass is 983 g/mol. The van der Waals surface area contributed by atoms with Gasteiger partial charge in [-0.15, -0.1) is 16.6 Å². The summed E-state index contributed by atoms with van der Waals surface area (Å²) in [7, 11) is 0. The number of amides is 4. The molecule has 4 aliphatic heterocycles. The predicted octanol–water partition coefficient (Wildman–Crippen LogP) is 5.29. The van der Waals surface area contributed by atoms with Crippen molar-refractivity contribution in [2.45, 2.75) is 108 Å². The summed E-state index contributed by atoms with van der Waals surface area (Å²) in [5, 5.41) is 47.3. The number of para-hydroxylation sites is 1. The van der Waals surface area contributed by atoms with Crippen molar-refractivity contribution in [1.29, 1.82) is 0 Å². The van der Waals surface area contributed by atoms with Gasteiger partial charge in [0.15, 0.2) is 5.65 Å². The van der Waals surface area contributed by atoms with Crippen LogP contribution in [0.3, 0.4) is 0 Å². The third-order valence-electron chi connectivity index (χ3n) is 16.0. The lowest BCUT2D eigenvalue weighted by molar-refractivity contribution is -0.142. The number of nitrogens with zero attached hydrogens (tertiary/aromatic N) is 8. The van der Waals surface area contributed by atoms with Gasteiger partial charge >= 0.3 is 6.03 Å². The summed E-state index contributed by atoms with van der Waals surface area (Å²) in [6.07, 6.45) is 13.7. The second-order valence-corrected chi connectivity index (χ2v) is 21.5. The first-order valence-corrected chi connectivity index (χ1v) is 25.2. The van der Waals surface area contributed by atoms with E-state index in [1.807, 2.05) is 44.4 Å². The molecule has 1 aliphatic carbocycles. The molecule has 5 aliphatic rings. The van der Waals surface area contributed by atoms with Gasteiger partial charge in [0.1, 0.15) is 17.8 Å². The molecule has 7 heterocycles. The van der Waals surface area contributed by atoms with Crippen LogP contribution >= 0.6 is 11.6 Å². The van der Waals surface area contributed by atoms with Crippen LogP contribution in [0, 0.1) is 23.2 Å². The number of phenols is 1. The van der Waals surface area contributed by atoms with Crippen molar-refractivity contribution in [3.05, 3.63) is 93.9 Å². The van der Waals surface area contributed by atoms with Crippen molar-refractivity contribution >= 4 is 46.4 Å². The van der Waals surface area contributed by atoms with E-state index in [9.17, 15) is 29.7 Å². The molecular weight excluding hydrogens is 922 g/mol. The van der Waals surface area contributed by atoms with Crippen LogP contribution in [0.4, 0.5) is 10.7 Å². The molecule has 1 spiro atoms. The van der Waals surface area contributed by atoms with Gasteiger partial charge < -0.3 is 50.5 Å². The van der Waals surface area contributed by atoms with Crippen molar-refractivity contribution in [3.8, 4) is 29.4 Å². The molecule has 0 bridgehead atoms. The molecule has 4 atom stereocenters. The van der Waals surface area contributed by atoms with Gasteiger partial charge in [-0.25, -0.2) is 14.8 Å². The molecule has 6 N–H and O–H groups in total. The number of terminal acetylenes is 1. The molecule has 1 saturated carbocycles. The van der Waals surface area contributed by atoms with Crippen molar-refractivity contribution < 1.29 is 29.7 Å². The summed E-state index contributed by atoms with van der Waals surface area (Å²) < 4.78 is 0. The largest absolute Gasteiger partial charge is 0.507 e. The number of carbonyl (C=O) groups excluding carboxylic acids is 3. The van der Waals surface area contributed by atoms with E-state index >= 15 is 0 Å². The third-order valence-corrected chi connectivity index (χ3v) is 16.4. The zero-order valence-corrected chi connectivity index (χ0v) is 41.2. The number of hydrogen-bond acceptors (Lipinski definition) is 12. The van der Waals surface area contributed by atoms with E-state index in [0.717, 1.165) is 79.6 Å². The number of aromatic nitrogens is 5. The number of β-amino-alcohol motifs (C(OH)–C–C–N with tert-alkyl or cyclic N) is 1. The number of nitrogens with one attached hydrogen (secondary N) is 3. The van der Waals surface area contributed by atoms with Gasteiger partial charge in [-0.3, -0.25) is 9.59 Å². The SMILES string of the molecule is C#Cc1ccc(CNC(=O)[C@@H]2C[C@@H](O)CN2C(=O)[C@H](NC(=O)N2CC3(CC(N4CCC(c5cnc(N6CCc7[nH]c8nnc(-c9ccccc9O)cc8c7[C@H]6C)nc5)CC4)C3)C2)C(C)(C)CCO)c(Cl)c1.